The molecular weight excluding hydrogens is 186 g/mol. The number of pyridine rings is 1. The summed E-state index contributed by atoms with van der Waals surface area (Å²) in [5.41, 5.74) is 0.317. The van der Waals surface area contributed by atoms with Crippen molar-refractivity contribution in [2.24, 2.45) is 5.41 Å². The molecule has 0 aliphatic heterocycles. The van der Waals surface area contributed by atoms with Gasteiger partial charge in [-0.2, -0.15) is 0 Å². The molecule has 3 nitrogen and oxygen atoms in total. The van der Waals surface area contributed by atoms with Gasteiger partial charge in [0.05, 0.1) is 0 Å². The number of hydrogen-bond acceptors (Lipinski definition) is 3. The number of nitrogens with zero attached hydrogens (tertiary/aromatic N) is 1. The summed E-state index contributed by atoms with van der Waals surface area (Å²) in [4.78, 5) is 4.41. The Morgan fingerprint density at radius 1 is 1.27 bits per heavy atom. The lowest BCUT2D eigenvalue weighted by Gasteiger charge is -2.23. The highest BCUT2D eigenvalue weighted by Gasteiger charge is 2.14. The molecule has 0 radical (unpaired) electrons. The molecule has 0 aliphatic rings. The van der Waals surface area contributed by atoms with Crippen molar-refractivity contribution in [3.63, 3.8) is 0 Å². The Kier molecular flexibility index (Phi) is 3.95. The molecule has 0 saturated carbocycles. The van der Waals surface area contributed by atoms with Gasteiger partial charge in [-0.1, -0.05) is 26.8 Å². The van der Waals surface area contributed by atoms with E-state index in [9.17, 15) is 0 Å². The van der Waals surface area contributed by atoms with Crippen LogP contribution in [0.3, 0.4) is 0 Å². The van der Waals surface area contributed by atoms with Gasteiger partial charge in [0.1, 0.15) is 11.6 Å². The van der Waals surface area contributed by atoms with Crippen LogP contribution >= 0.6 is 0 Å². The van der Waals surface area contributed by atoms with Gasteiger partial charge in [-0.3, -0.25) is 0 Å². The Hall–Kier alpha value is -1.25. The Balaban J connectivity index is 2.57. The molecule has 2 N–H and O–H groups in total. The van der Waals surface area contributed by atoms with Crippen LogP contribution < -0.4 is 10.6 Å². The second-order valence-corrected chi connectivity index (χ2v) is 4.53. The molecule has 0 saturated heterocycles. The van der Waals surface area contributed by atoms with Gasteiger partial charge >= 0.3 is 0 Å². The molecule has 0 unspecified atom stereocenters. The van der Waals surface area contributed by atoms with Crippen LogP contribution in [0.25, 0.3) is 0 Å². The molecule has 0 atom stereocenters. The van der Waals surface area contributed by atoms with Crippen LogP contribution in [-0.4, -0.2) is 18.6 Å². The average molecular weight is 207 g/mol. The third kappa shape index (κ3) is 3.78. The topological polar surface area (TPSA) is 37.0 Å². The van der Waals surface area contributed by atoms with Crippen molar-refractivity contribution < 1.29 is 0 Å². The van der Waals surface area contributed by atoms with Crippen molar-refractivity contribution in [2.75, 3.05) is 24.2 Å². The summed E-state index contributed by atoms with van der Waals surface area (Å²) in [6.07, 6.45) is 1.16. The standard InChI is InChI=1S/C12H21N3/c1-5-12(2,3)9-14-11-8-6-7-10(13-4)15-11/h6-8H,5,9H2,1-4H3,(H2,13,14,15). The molecule has 1 aromatic rings. The average Bonchev–Trinajstić information content (AvgIpc) is 2.27. The van der Waals surface area contributed by atoms with Crippen LogP contribution in [0.4, 0.5) is 11.6 Å². The fourth-order valence-corrected chi connectivity index (χ4v) is 1.13. The summed E-state index contributed by atoms with van der Waals surface area (Å²) in [6.45, 7) is 7.66. The number of rotatable bonds is 5. The predicted molar refractivity (Wildman–Crippen MR) is 66.3 cm³/mol. The van der Waals surface area contributed by atoms with Crippen LogP contribution in [0.5, 0.6) is 0 Å². The molecule has 3 heteroatoms. The molecule has 15 heavy (non-hydrogen) atoms. The summed E-state index contributed by atoms with van der Waals surface area (Å²) in [5, 5.41) is 6.39. The molecule has 1 aromatic heterocycles. The van der Waals surface area contributed by atoms with Crippen molar-refractivity contribution in [1.82, 2.24) is 4.98 Å². The minimum absolute atomic E-state index is 0.317. The van der Waals surface area contributed by atoms with Gasteiger partial charge in [-0.25, -0.2) is 4.98 Å². The van der Waals surface area contributed by atoms with Crippen LogP contribution in [0, 0.1) is 5.41 Å². The lowest BCUT2D eigenvalue weighted by molar-refractivity contribution is 0.376. The molecule has 0 aliphatic carbocycles. The highest BCUT2D eigenvalue weighted by Crippen LogP contribution is 2.20. The number of anilines is 2. The van der Waals surface area contributed by atoms with E-state index < -0.39 is 0 Å². The summed E-state index contributed by atoms with van der Waals surface area (Å²) in [5.74, 6) is 1.83. The first-order valence-electron chi connectivity index (χ1n) is 5.46. The molecule has 1 heterocycles. The molecule has 0 bridgehead atoms. The fourth-order valence-electron chi connectivity index (χ4n) is 1.13. The summed E-state index contributed by atoms with van der Waals surface area (Å²) in [6, 6.07) is 5.95. The van der Waals surface area contributed by atoms with Gasteiger partial charge in [-0.05, 0) is 24.0 Å². The summed E-state index contributed by atoms with van der Waals surface area (Å²) in [7, 11) is 1.88. The summed E-state index contributed by atoms with van der Waals surface area (Å²) >= 11 is 0. The van der Waals surface area contributed by atoms with E-state index in [2.05, 4.69) is 36.4 Å². The predicted octanol–water partition coefficient (Wildman–Crippen LogP) is 2.97. The van der Waals surface area contributed by atoms with E-state index in [1.54, 1.807) is 0 Å². The van der Waals surface area contributed by atoms with E-state index in [1.807, 2.05) is 25.2 Å². The maximum absolute atomic E-state index is 4.41. The smallest absolute Gasteiger partial charge is 0.128 e. The second kappa shape index (κ2) is 5.01. The minimum atomic E-state index is 0.317. The Labute approximate surface area is 92.3 Å². The minimum Gasteiger partial charge on any atom is -0.373 e. The van der Waals surface area contributed by atoms with Gasteiger partial charge in [0.15, 0.2) is 0 Å². The SMILES string of the molecule is CCC(C)(C)CNc1cccc(NC)n1. The first kappa shape index (κ1) is 11.8. The highest BCUT2D eigenvalue weighted by atomic mass is 15.0. The largest absolute Gasteiger partial charge is 0.373 e. The molecular formula is C12H21N3. The maximum Gasteiger partial charge on any atom is 0.128 e. The van der Waals surface area contributed by atoms with E-state index in [-0.39, 0.29) is 0 Å². The van der Waals surface area contributed by atoms with E-state index in [4.69, 9.17) is 0 Å². The zero-order valence-corrected chi connectivity index (χ0v) is 10.1. The monoisotopic (exact) mass is 207 g/mol. The van der Waals surface area contributed by atoms with Crippen molar-refractivity contribution in [3.8, 4) is 0 Å². The van der Waals surface area contributed by atoms with E-state index >= 15 is 0 Å². The molecule has 0 spiro atoms. The fraction of sp³-hybridized carbons (Fsp3) is 0.583. The van der Waals surface area contributed by atoms with Crippen LogP contribution in [-0.2, 0) is 0 Å². The number of hydrogen-bond donors (Lipinski definition) is 2. The Bertz CT molecular complexity index is 307. The lowest BCUT2D eigenvalue weighted by atomic mass is 9.90. The maximum atomic E-state index is 4.41. The molecule has 84 valence electrons. The van der Waals surface area contributed by atoms with Crippen LogP contribution in [0.15, 0.2) is 18.2 Å². The van der Waals surface area contributed by atoms with E-state index in [0.717, 1.165) is 24.6 Å². The first-order chi connectivity index (χ1) is 7.07. The molecule has 1 rings (SSSR count). The normalized spacial score (nSPS) is 11.2. The second-order valence-electron chi connectivity index (χ2n) is 4.53. The van der Waals surface area contributed by atoms with Crippen molar-refractivity contribution in [3.05, 3.63) is 18.2 Å². The summed E-state index contributed by atoms with van der Waals surface area (Å²) < 4.78 is 0. The third-order valence-electron chi connectivity index (χ3n) is 2.71. The number of aromatic nitrogens is 1. The van der Waals surface area contributed by atoms with Crippen molar-refractivity contribution in [1.29, 1.82) is 0 Å². The zero-order valence-electron chi connectivity index (χ0n) is 10.1. The third-order valence-corrected chi connectivity index (χ3v) is 2.71. The van der Waals surface area contributed by atoms with Gasteiger partial charge in [0.25, 0.3) is 0 Å². The Morgan fingerprint density at radius 2 is 1.93 bits per heavy atom. The van der Waals surface area contributed by atoms with E-state index in [1.165, 1.54) is 0 Å². The van der Waals surface area contributed by atoms with Crippen molar-refractivity contribution >= 4 is 11.6 Å². The molecule has 0 fully saturated rings. The quantitative estimate of drug-likeness (QED) is 0.779. The Morgan fingerprint density at radius 3 is 2.53 bits per heavy atom. The molecule has 0 amide bonds. The number of nitrogens with one attached hydrogen (secondary N) is 2. The van der Waals surface area contributed by atoms with Gasteiger partial charge in [0, 0.05) is 13.6 Å². The van der Waals surface area contributed by atoms with Crippen LogP contribution in [0.2, 0.25) is 0 Å². The van der Waals surface area contributed by atoms with Gasteiger partial charge in [0.2, 0.25) is 0 Å². The zero-order chi connectivity index (χ0) is 11.3. The van der Waals surface area contributed by atoms with Gasteiger partial charge < -0.3 is 10.6 Å². The first-order valence-corrected chi connectivity index (χ1v) is 5.46. The van der Waals surface area contributed by atoms with Crippen LogP contribution in [0.1, 0.15) is 27.2 Å². The highest BCUT2D eigenvalue weighted by molar-refractivity contribution is 5.44. The molecule has 0 aromatic carbocycles. The van der Waals surface area contributed by atoms with E-state index in [0.29, 0.717) is 5.41 Å². The van der Waals surface area contributed by atoms with Crippen molar-refractivity contribution in [2.45, 2.75) is 27.2 Å². The van der Waals surface area contributed by atoms with Gasteiger partial charge in [-0.15, -0.1) is 0 Å². The lowest BCUT2D eigenvalue weighted by Crippen LogP contribution is -2.22.